The van der Waals surface area contributed by atoms with E-state index in [4.69, 9.17) is 0 Å². The smallest absolute Gasteiger partial charge is 0.240 e. The number of sulfonamides is 1. The number of Topliss-reactive ketones (excluding diaryl/α,β-unsaturated/α-hetero) is 1. The Bertz CT molecular complexity index is 833. The molecule has 24 heavy (non-hydrogen) atoms. The van der Waals surface area contributed by atoms with E-state index in [0.29, 0.717) is 11.3 Å². The molecule has 7 heteroatoms. The van der Waals surface area contributed by atoms with Gasteiger partial charge in [-0.05, 0) is 25.2 Å². The molecule has 126 valence electrons. The van der Waals surface area contributed by atoms with Crippen LogP contribution in [0.5, 0.6) is 0 Å². The van der Waals surface area contributed by atoms with E-state index in [1.807, 2.05) is 6.07 Å². The molecule has 0 unspecified atom stereocenters. The first-order valence-corrected chi connectivity index (χ1v) is 8.82. The Kier molecular flexibility index (Phi) is 5.83. The molecule has 0 aliphatic rings. The summed E-state index contributed by atoms with van der Waals surface area (Å²) in [5.74, 6) is -0.462. The Labute approximate surface area is 140 Å². The number of rotatable bonds is 7. The van der Waals surface area contributed by atoms with Crippen molar-refractivity contribution < 1.29 is 18.0 Å². The molecule has 0 heterocycles. The van der Waals surface area contributed by atoms with Crippen LogP contribution in [0.1, 0.15) is 23.2 Å². The maximum Gasteiger partial charge on any atom is 0.240 e. The summed E-state index contributed by atoms with van der Waals surface area (Å²) < 4.78 is 25.7. The van der Waals surface area contributed by atoms with Crippen molar-refractivity contribution in [3.63, 3.8) is 0 Å². The van der Waals surface area contributed by atoms with Gasteiger partial charge in [0.25, 0.3) is 0 Å². The Hall–Kier alpha value is -2.51. The van der Waals surface area contributed by atoms with Crippen molar-refractivity contribution in [1.29, 1.82) is 0 Å². The molecule has 0 fully saturated rings. The van der Waals surface area contributed by atoms with E-state index in [-0.39, 0.29) is 29.4 Å². The third kappa shape index (κ3) is 4.74. The molecule has 0 saturated heterocycles. The summed E-state index contributed by atoms with van der Waals surface area (Å²) in [5, 5.41) is 2.60. The van der Waals surface area contributed by atoms with Crippen molar-refractivity contribution >= 4 is 27.4 Å². The first kappa shape index (κ1) is 17.8. The van der Waals surface area contributed by atoms with Gasteiger partial charge in [-0.25, -0.2) is 13.1 Å². The number of amides is 1. The van der Waals surface area contributed by atoms with Crippen molar-refractivity contribution in [3.05, 3.63) is 60.2 Å². The van der Waals surface area contributed by atoms with Gasteiger partial charge < -0.3 is 5.32 Å². The lowest BCUT2D eigenvalue weighted by atomic mass is 10.1. The van der Waals surface area contributed by atoms with Crippen molar-refractivity contribution in [1.82, 2.24) is 4.72 Å². The number of hydrogen-bond donors (Lipinski definition) is 2. The summed E-state index contributed by atoms with van der Waals surface area (Å²) in [7, 11) is -2.26. The second-order valence-electron chi connectivity index (χ2n) is 5.07. The van der Waals surface area contributed by atoms with E-state index >= 15 is 0 Å². The van der Waals surface area contributed by atoms with Crippen LogP contribution < -0.4 is 10.0 Å². The van der Waals surface area contributed by atoms with Crippen molar-refractivity contribution in [2.45, 2.75) is 17.7 Å². The average molecular weight is 346 g/mol. The summed E-state index contributed by atoms with van der Waals surface area (Å²) in [5.41, 5.74) is 0.927. The van der Waals surface area contributed by atoms with Gasteiger partial charge in [-0.15, -0.1) is 0 Å². The Morgan fingerprint density at radius 3 is 2.33 bits per heavy atom. The van der Waals surface area contributed by atoms with E-state index < -0.39 is 10.0 Å². The summed E-state index contributed by atoms with van der Waals surface area (Å²) in [4.78, 5) is 24.0. The third-order valence-corrected chi connectivity index (χ3v) is 4.78. The van der Waals surface area contributed by atoms with Gasteiger partial charge in [0, 0.05) is 24.1 Å². The third-order valence-electron chi connectivity index (χ3n) is 3.37. The SMILES string of the molecule is CNS(=O)(=O)c1cccc(NC(=O)CCC(=O)c2ccccc2)c1. The second kappa shape index (κ2) is 7.85. The fourth-order valence-corrected chi connectivity index (χ4v) is 2.85. The molecule has 2 aromatic carbocycles. The minimum absolute atomic E-state index is 0.0245. The zero-order chi connectivity index (χ0) is 17.6. The molecule has 0 bridgehead atoms. The van der Waals surface area contributed by atoms with Gasteiger partial charge in [-0.1, -0.05) is 36.4 Å². The van der Waals surface area contributed by atoms with E-state index in [0.717, 1.165) is 0 Å². The second-order valence-corrected chi connectivity index (χ2v) is 6.96. The van der Waals surface area contributed by atoms with Gasteiger partial charge >= 0.3 is 0 Å². The minimum Gasteiger partial charge on any atom is -0.326 e. The van der Waals surface area contributed by atoms with E-state index in [1.54, 1.807) is 30.3 Å². The van der Waals surface area contributed by atoms with Gasteiger partial charge in [-0.3, -0.25) is 9.59 Å². The maximum atomic E-state index is 12.0. The number of nitrogens with one attached hydrogen (secondary N) is 2. The number of benzene rings is 2. The highest BCUT2D eigenvalue weighted by Crippen LogP contribution is 2.15. The highest BCUT2D eigenvalue weighted by atomic mass is 32.2. The lowest BCUT2D eigenvalue weighted by Crippen LogP contribution is -2.19. The van der Waals surface area contributed by atoms with Gasteiger partial charge in [0.05, 0.1) is 4.90 Å². The minimum atomic E-state index is -3.57. The lowest BCUT2D eigenvalue weighted by Gasteiger charge is -2.08. The molecule has 6 nitrogen and oxygen atoms in total. The van der Waals surface area contributed by atoms with Crippen LogP contribution in [0.2, 0.25) is 0 Å². The van der Waals surface area contributed by atoms with Crippen LogP contribution in [-0.2, 0) is 14.8 Å². The van der Waals surface area contributed by atoms with Crippen LogP contribution in [0.15, 0.2) is 59.5 Å². The normalized spacial score (nSPS) is 11.0. The molecule has 0 aromatic heterocycles. The molecule has 1 amide bonds. The first-order chi connectivity index (χ1) is 11.4. The van der Waals surface area contributed by atoms with E-state index in [2.05, 4.69) is 10.0 Å². The molecule has 2 rings (SSSR count). The number of ketones is 1. The van der Waals surface area contributed by atoms with Gasteiger partial charge in [-0.2, -0.15) is 0 Å². The van der Waals surface area contributed by atoms with Crippen LogP contribution >= 0.6 is 0 Å². The summed E-state index contributed by atoms with van der Waals surface area (Å²) in [6.45, 7) is 0. The van der Waals surface area contributed by atoms with Crippen molar-refractivity contribution in [2.24, 2.45) is 0 Å². The molecule has 0 radical (unpaired) electrons. The average Bonchev–Trinajstić information content (AvgIpc) is 2.60. The number of carbonyl (C=O) groups excluding carboxylic acids is 2. The number of anilines is 1. The van der Waals surface area contributed by atoms with Crippen LogP contribution in [0.25, 0.3) is 0 Å². The first-order valence-electron chi connectivity index (χ1n) is 7.34. The zero-order valence-electron chi connectivity index (χ0n) is 13.2. The van der Waals surface area contributed by atoms with Crippen molar-refractivity contribution in [3.8, 4) is 0 Å². The fourth-order valence-electron chi connectivity index (χ4n) is 2.08. The highest BCUT2D eigenvalue weighted by Gasteiger charge is 2.13. The maximum absolute atomic E-state index is 12.0. The molecule has 2 aromatic rings. The number of carbonyl (C=O) groups is 2. The highest BCUT2D eigenvalue weighted by molar-refractivity contribution is 7.89. The molecule has 0 atom stereocenters. The number of hydrogen-bond acceptors (Lipinski definition) is 4. The Balaban J connectivity index is 1.96. The largest absolute Gasteiger partial charge is 0.326 e. The Morgan fingerprint density at radius 1 is 0.958 bits per heavy atom. The summed E-state index contributed by atoms with van der Waals surface area (Å²) in [6, 6.07) is 14.7. The monoisotopic (exact) mass is 346 g/mol. The molecule has 0 saturated carbocycles. The van der Waals surface area contributed by atoms with Gasteiger partial charge in [0.2, 0.25) is 15.9 Å². The van der Waals surface area contributed by atoms with Crippen LogP contribution in [-0.4, -0.2) is 27.2 Å². The summed E-state index contributed by atoms with van der Waals surface area (Å²) >= 11 is 0. The standard InChI is InChI=1S/C17H18N2O4S/c1-18-24(22,23)15-9-5-8-14(12-15)19-17(21)11-10-16(20)13-6-3-2-4-7-13/h2-9,12,18H,10-11H2,1H3,(H,19,21). The molecule has 0 spiro atoms. The predicted octanol–water partition coefficient (Wildman–Crippen LogP) is 2.20. The van der Waals surface area contributed by atoms with Crippen LogP contribution in [0.3, 0.4) is 0 Å². The zero-order valence-corrected chi connectivity index (χ0v) is 14.0. The van der Waals surface area contributed by atoms with Crippen LogP contribution in [0, 0.1) is 0 Å². The van der Waals surface area contributed by atoms with Crippen molar-refractivity contribution in [2.75, 3.05) is 12.4 Å². The lowest BCUT2D eigenvalue weighted by molar-refractivity contribution is -0.116. The summed E-state index contributed by atoms with van der Waals surface area (Å²) in [6.07, 6.45) is 0.112. The molecule has 2 N–H and O–H groups in total. The Morgan fingerprint density at radius 2 is 1.67 bits per heavy atom. The molecule has 0 aliphatic carbocycles. The van der Waals surface area contributed by atoms with Gasteiger partial charge in [0.15, 0.2) is 5.78 Å². The van der Waals surface area contributed by atoms with E-state index in [9.17, 15) is 18.0 Å². The quantitative estimate of drug-likeness (QED) is 0.752. The van der Waals surface area contributed by atoms with Crippen LogP contribution in [0.4, 0.5) is 5.69 Å². The predicted molar refractivity (Wildman–Crippen MR) is 91.3 cm³/mol. The molecule has 0 aliphatic heterocycles. The van der Waals surface area contributed by atoms with E-state index in [1.165, 1.54) is 25.2 Å². The van der Waals surface area contributed by atoms with Gasteiger partial charge in [0.1, 0.15) is 0 Å². The topological polar surface area (TPSA) is 92.3 Å². The molecular formula is C17H18N2O4S. The fraction of sp³-hybridized carbons (Fsp3) is 0.176. The molecular weight excluding hydrogens is 328 g/mol.